The van der Waals surface area contributed by atoms with Crippen LogP contribution in [0.4, 0.5) is 24.7 Å². The quantitative estimate of drug-likeness (QED) is 0.913. The van der Waals surface area contributed by atoms with Crippen molar-refractivity contribution in [1.82, 2.24) is 9.97 Å². The van der Waals surface area contributed by atoms with Gasteiger partial charge in [-0.2, -0.15) is 13.2 Å². The molecule has 0 spiro atoms. The van der Waals surface area contributed by atoms with E-state index >= 15 is 0 Å². The first kappa shape index (κ1) is 15.6. The highest BCUT2D eigenvalue weighted by Crippen LogP contribution is 2.32. The second-order valence-corrected chi connectivity index (χ2v) is 5.35. The number of alkyl halides is 3. The Morgan fingerprint density at radius 2 is 2.09 bits per heavy atom. The molecule has 2 aromatic rings. The molecule has 2 aromatic heterocycles. The molecular formula is C16H17F3N4. The zero-order chi connectivity index (χ0) is 16.4. The molecule has 0 aliphatic carbocycles. The van der Waals surface area contributed by atoms with Crippen molar-refractivity contribution >= 4 is 11.5 Å². The van der Waals surface area contributed by atoms with Crippen molar-refractivity contribution in [3.05, 3.63) is 36.2 Å². The van der Waals surface area contributed by atoms with E-state index in [1.54, 1.807) is 6.07 Å². The molecule has 1 aliphatic rings. The third-order valence-corrected chi connectivity index (χ3v) is 3.84. The maximum Gasteiger partial charge on any atom is 0.433 e. The standard InChI is InChI=1S/C16H17F3N4/c1-2-23-9-3-7-21-15-13(23)5-4-12(22-15)11-6-8-20-14(10-11)16(17,18)19/h4-6,8,10H,2-3,7,9H2,1H3,(H,21,22). The molecule has 23 heavy (non-hydrogen) atoms. The molecule has 0 unspecified atom stereocenters. The molecular weight excluding hydrogens is 305 g/mol. The molecule has 0 radical (unpaired) electrons. The highest BCUT2D eigenvalue weighted by molar-refractivity contribution is 5.72. The average Bonchev–Trinajstić information content (AvgIpc) is 2.75. The maximum atomic E-state index is 12.8. The second-order valence-electron chi connectivity index (χ2n) is 5.35. The van der Waals surface area contributed by atoms with Crippen molar-refractivity contribution in [2.24, 2.45) is 0 Å². The number of nitrogens with zero attached hydrogens (tertiary/aromatic N) is 3. The molecule has 0 saturated heterocycles. The average molecular weight is 322 g/mol. The summed E-state index contributed by atoms with van der Waals surface area (Å²) in [4.78, 5) is 10.1. The smallest absolute Gasteiger partial charge is 0.369 e. The Labute approximate surface area is 132 Å². The van der Waals surface area contributed by atoms with Gasteiger partial charge in [0, 0.05) is 31.4 Å². The van der Waals surface area contributed by atoms with Crippen LogP contribution in [-0.4, -0.2) is 29.6 Å². The van der Waals surface area contributed by atoms with Gasteiger partial charge in [-0.3, -0.25) is 4.98 Å². The van der Waals surface area contributed by atoms with Crippen LogP contribution in [0.25, 0.3) is 11.3 Å². The Morgan fingerprint density at radius 1 is 1.26 bits per heavy atom. The maximum absolute atomic E-state index is 12.8. The first-order valence-corrected chi connectivity index (χ1v) is 7.52. The van der Waals surface area contributed by atoms with Crippen LogP contribution in [0.1, 0.15) is 19.0 Å². The Balaban J connectivity index is 2.00. The van der Waals surface area contributed by atoms with Gasteiger partial charge in [-0.05, 0) is 37.6 Å². The first-order valence-electron chi connectivity index (χ1n) is 7.52. The van der Waals surface area contributed by atoms with Crippen LogP contribution in [0.3, 0.4) is 0 Å². The van der Waals surface area contributed by atoms with Crippen molar-refractivity contribution in [2.45, 2.75) is 19.5 Å². The first-order chi connectivity index (χ1) is 11.0. The predicted octanol–water partition coefficient (Wildman–Crippen LogP) is 3.80. The molecule has 0 amide bonds. The van der Waals surface area contributed by atoms with Gasteiger partial charge in [0.2, 0.25) is 0 Å². The summed E-state index contributed by atoms with van der Waals surface area (Å²) in [7, 11) is 0. The van der Waals surface area contributed by atoms with Crippen molar-refractivity contribution in [3.63, 3.8) is 0 Å². The van der Waals surface area contributed by atoms with E-state index in [1.807, 2.05) is 6.07 Å². The molecule has 0 aromatic carbocycles. The van der Waals surface area contributed by atoms with Gasteiger partial charge in [0.25, 0.3) is 0 Å². The van der Waals surface area contributed by atoms with E-state index in [2.05, 4.69) is 27.1 Å². The van der Waals surface area contributed by atoms with Crippen molar-refractivity contribution < 1.29 is 13.2 Å². The van der Waals surface area contributed by atoms with Gasteiger partial charge in [0.15, 0.2) is 0 Å². The Hall–Kier alpha value is -2.31. The lowest BCUT2D eigenvalue weighted by atomic mass is 10.1. The number of hydrogen-bond acceptors (Lipinski definition) is 4. The highest BCUT2D eigenvalue weighted by Gasteiger charge is 2.32. The van der Waals surface area contributed by atoms with Crippen LogP contribution < -0.4 is 10.2 Å². The van der Waals surface area contributed by atoms with E-state index in [4.69, 9.17) is 0 Å². The summed E-state index contributed by atoms with van der Waals surface area (Å²) >= 11 is 0. The lowest BCUT2D eigenvalue weighted by Crippen LogP contribution is -2.23. The fourth-order valence-corrected chi connectivity index (χ4v) is 2.67. The van der Waals surface area contributed by atoms with E-state index in [-0.39, 0.29) is 0 Å². The molecule has 0 atom stereocenters. The van der Waals surface area contributed by atoms with Crippen molar-refractivity contribution in [1.29, 1.82) is 0 Å². The lowest BCUT2D eigenvalue weighted by Gasteiger charge is -2.22. The summed E-state index contributed by atoms with van der Waals surface area (Å²) in [5.41, 5.74) is 0.986. The normalized spacial score (nSPS) is 14.9. The fourth-order valence-electron chi connectivity index (χ4n) is 2.67. The minimum atomic E-state index is -4.46. The topological polar surface area (TPSA) is 41.0 Å². The number of pyridine rings is 2. The molecule has 0 bridgehead atoms. The number of rotatable bonds is 2. The van der Waals surface area contributed by atoms with Gasteiger partial charge in [0.1, 0.15) is 11.5 Å². The number of nitrogens with one attached hydrogen (secondary N) is 1. The number of aromatic nitrogens is 2. The highest BCUT2D eigenvalue weighted by atomic mass is 19.4. The molecule has 3 rings (SSSR count). The minimum Gasteiger partial charge on any atom is -0.369 e. The molecule has 4 nitrogen and oxygen atoms in total. The van der Waals surface area contributed by atoms with Gasteiger partial charge in [-0.25, -0.2) is 4.98 Å². The number of anilines is 2. The minimum absolute atomic E-state index is 0.407. The summed E-state index contributed by atoms with van der Waals surface area (Å²) in [6.45, 7) is 4.67. The van der Waals surface area contributed by atoms with E-state index in [1.165, 1.54) is 6.07 Å². The van der Waals surface area contributed by atoms with Crippen LogP contribution in [0.2, 0.25) is 0 Å². The van der Waals surface area contributed by atoms with Gasteiger partial charge in [0.05, 0.1) is 11.4 Å². The van der Waals surface area contributed by atoms with Crippen molar-refractivity contribution in [3.8, 4) is 11.3 Å². The molecule has 3 heterocycles. The van der Waals surface area contributed by atoms with Crippen molar-refractivity contribution in [2.75, 3.05) is 29.9 Å². The van der Waals surface area contributed by atoms with Gasteiger partial charge in [-0.1, -0.05) is 0 Å². The molecule has 0 saturated carbocycles. The van der Waals surface area contributed by atoms with Crippen LogP contribution >= 0.6 is 0 Å². The third-order valence-electron chi connectivity index (χ3n) is 3.84. The van der Waals surface area contributed by atoms with Crippen LogP contribution in [0, 0.1) is 0 Å². The lowest BCUT2D eigenvalue weighted by molar-refractivity contribution is -0.141. The van der Waals surface area contributed by atoms with Crippen LogP contribution in [-0.2, 0) is 6.18 Å². The SMILES string of the molecule is CCN1CCCNc2nc(-c3ccnc(C(F)(F)F)c3)ccc21. The summed E-state index contributed by atoms with van der Waals surface area (Å²) < 4.78 is 38.4. The largest absolute Gasteiger partial charge is 0.433 e. The fraction of sp³-hybridized carbons (Fsp3) is 0.375. The number of halogens is 3. The molecule has 7 heteroatoms. The Bertz CT molecular complexity index is 700. The van der Waals surface area contributed by atoms with E-state index in [0.29, 0.717) is 17.1 Å². The molecule has 0 fully saturated rings. The summed E-state index contributed by atoms with van der Waals surface area (Å²) in [5.74, 6) is 0.715. The molecule has 1 aliphatic heterocycles. The number of fused-ring (bicyclic) bond motifs is 1. The monoisotopic (exact) mass is 322 g/mol. The van der Waals surface area contributed by atoms with Gasteiger partial charge < -0.3 is 10.2 Å². The Kier molecular flexibility index (Phi) is 4.11. The third kappa shape index (κ3) is 3.23. The van der Waals surface area contributed by atoms with Gasteiger partial charge in [-0.15, -0.1) is 0 Å². The van der Waals surface area contributed by atoms with Crippen LogP contribution in [0.5, 0.6) is 0 Å². The Morgan fingerprint density at radius 3 is 2.83 bits per heavy atom. The summed E-state index contributed by atoms with van der Waals surface area (Å²) in [6, 6.07) is 6.23. The predicted molar refractivity (Wildman–Crippen MR) is 83.5 cm³/mol. The van der Waals surface area contributed by atoms with E-state index in [0.717, 1.165) is 44.0 Å². The van der Waals surface area contributed by atoms with E-state index < -0.39 is 11.9 Å². The second kappa shape index (κ2) is 6.06. The van der Waals surface area contributed by atoms with Crippen LogP contribution in [0.15, 0.2) is 30.5 Å². The summed E-state index contributed by atoms with van der Waals surface area (Å²) in [6.07, 6.45) is -2.30. The van der Waals surface area contributed by atoms with Gasteiger partial charge >= 0.3 is 6.18 Å². The zero-order valence-electron chi connectivity index (χ0n) is 12.7. The summed E-state index contributed by atoms with van der Waals surface area (Å²) in [5, 5.41) is 3.25. The number of hydrogen-bond donors (Lipinski definition) is 1. The molecule has 122 valence electrons. The zero-order valence-corrected chi connectivity index (χ0v) is 12.7. The molecule has 1 N–H and O–H groups in total. The van der Waals surface area contributed by atoms with E-state index in [9.17, 15) is 13.2 Å².